The Morgan fingerprint density at radius 3 is 2.85 bits per heavy atom. The van der Waals surface area contributed by atoms with Crippen LogP contribution in [-0.2, 0) is 0 Å². The summed E-state index contributed by atoms with van der Waals surface area (Å²) >= 11 is 1.78. The fourth-order valence-corrected chi connectivity index (χ4v) is 2.59. The van der Waals surface area contributed by atoms with E-state index in [0.717, 1.165) is 17.3 Å². The highest BCUT2D eigenvalue weighted by Crippen LogP contribution is 2.41. The summed E-state index contributed by atoms with van der Waals surface area (Å²) in [5, 5.41) is 14.1. The van der Waals surface area contributed by atoms with Crippen LogP contribution < -0.4 is 5.32 Å². The van der Waals surface area contributed by atoms with Crippen LogP contribution in [0.15, 0.2) is 0 Å². The molecule has 0 bridgehead atoms. The SMILES string of the molecule is CCC(NC)c1nnc(C2CC2)s1. The molecular weight excluding hydrogens is 182 g/mol. The molecule has 1 aromatic heterocycles. The molecule has 3 nitrogen and oxygen atoms in total. The van der Waals surface area contributed by atoms with Crippen molar-refractivity contribution in [2.24, 2.45) is 0 Å². The Kier molecular flexibility index (Phi) is 2.60. The minimum Gasteiger partial charge on any atom is -0.311 e. The van der Waals surface area contributed by atoms with Gasteiger partial charge in [-0.05, 0) is 26.3 Å². The van der Waals surface area contributed by atoms with Crippen LogP contribution in [0, 0.1) is 0 Å². The van der Waals surface area contributed by atoms with Crippen molar-refractivity contribution in [1.29, 1.82) is 0 Å². The molecule has 1 saturated carbocycles. The quantitative estimate of drug-likeness (QED) is 0.803. The van der Waals surface area contributed by atoms with Crippen molar-refractivity contribution in [3.63, 3.8) is 0 Å². The number of hydrogen-bond donors (Lipinski definition) is 1. The summed E-state index contributed by atoms with van der Waals surface area (Å²) in [5.74, 6) is 0.737. The fraction of sp³-hybridized carbons (Fsp3) is 0.778. The van der Waals surface area contributed by atoms with E-state index in [-0.39, 0.29) is 0 Å². The molecule has 1 N–H and O–H groups in total. The molecule has 0 radical (unpaired) electrons. The lowest BCUT2D eigenvalue weighted by molar-refractivity contribution is 0.568. The topological polar surface area (TPSA) is 37.8 Å². The zero-order valence-electron chi connectivity index (χ0n) is 8.08. The molecular formula is C9H15N3S. The highest BCUT2D eigenvalue weighted by atomic mass is 32.1. The Bertz CT molecular complexity index is 276. The molecule has 1 heterocycles. The first-order valence-corrected chi connectivity index (χ1v) is 5.67. The molecule has 1 aliphatic rings. The third kappa shape index (κ3) is 1.89. The number of nitrogens with one attached hydrogen (secondary N) is 1. The summed E-state index contributed by atoms with van der Waals surface area (Å²) in [5.41, 5.74) is 0. The van der Waals surface area contributed by atoms with Gasteiger partial charge in [-0.3, -0.25) is 0 Å². The van der Waals surface area contributed by atoms with Crippen molar-refractivity contribution in [3.8, 4) is 0 Å². The maximum Gasteiger partial charge on any atom is 0.134 e. The van der Waals surface area contributed by atoms with E-state index < -0.39 is 0 Å². The molecule has 2 rings (SSSR count). The lowest BCUT2D eigenvalue weighted by atomic mass is 10.2. The van der Waals surface area contributed by atoms with Crippen LogP contribution >= 0.6 is 11.3 Å². The van der Waals surface area contributed by atoms with Crippen molar-refractivity contribution in [3.05, 3.63) is 10.0 Å². The molecule has 0 spiro atoms. The van der Waals surface area contributed by atoms with Crippen LogP contribution in [0.1, 0.15) is 48.2 Å². The molecule has 4 heteroatoms. The largest absolute Gasteiger partial charge is 0.311 e. The highest BCUT2D eigenvalue weighted by molar-refractivity contribution is 7.11. The summed E-state index contributed by atoms with van der Waals surface area (Å²) in [4.78, 5) is 0. The van der Waals surface area contributed by atoms with E-state index >= 15 is 0 Å². The molecule has 0 amide bonds. The minimum atomic E-state index is 0.394. The monoisotopic (exact) mass is 197 g/mol. The maximum atomic E-state index is 4.23. The zero-order valence-corrected chi connectivity index (χ0v) is 8.90. The molecule has 13 heavy (non-hydrogen) atoms. The van der Waals surface area contributed by atoms with Crippen LogP contribution in [0.2, 0.25) is 0 Å². The lowest BCUT2D eigenvalue weighted by Crippen LogP contribution is -2.14. The standard InChI is InChI=1S/C9H15N3S/c1-3-7(10-2)9-12-11-8(13-9)6-4-5-6/h6-7,10H,3-5H2,1-2H3. The van der Waals surface area contributed by atoms with E-state index in [4.69, 9.17) is 0 Å². The molecule has 1 fully saturated rings. The van der Waals surface area contributed by atoms with Gasteiger partial charge in [-0.15, -0.1) is 10.2 Å². The van der Waals surface area contributed by atoms with E-state index in [0.29, 0.717) is 6.04 Å². The zero-order chi connectivity index (χ0) is 9.26. The van der Waals surface area contributed by atoms with Gasteiger partial charge in [-0.2, -0.15) is 0 Å². The van der Waals surface area contributed by atoms with Gasteiger partial charge in [0.2, 0.25) is 0 Å². The summed E-state index contributed by atoms with van der Waals surface area (Å²) in [7, 11) is 1.98. The Hall–Kier alpha value is -0.480. The van der Waals surface area contributed by atoms with E-state index in [2.05, 4.69) is 22.4 Å². The maximum absolute atomic E-state index is 4.23. The van der Waals surface area contributed by atoms with E-state index in [1.165, 1.54) is 17.8 Å². The van der Waals surface area contributed by atoms with Crippen molar-refractivity contribution >= 4 is 11.3 Å². The number of nitrogens with zero attached hydrogens (tertiary/aromatic N) is 2. The number of rotatable bonds is 4. The van der Waals surface area contributed by atoms with Gasteiger partial charge < -0.3 is 5.32 Å². The average Bonchev–Trinajstić information content (AvgIpc) is 2.89. The first-order valence-electron chi connectivity index (χ1n) is 4.85. The van der Waals surface area contributed by atoms with Crippen molar-refractivity contribution < 1.29 is 0 Å². The molecule has 1 aliphatic carbocycles. The minimum absolute atomic E-state index is 0.394. The van der Waals surface area contributed by atoms with Crippen molar-refractivity contribution in [1.82, 2.24) is 15.5 Å². The second-order valence-corrected chi connectivity index (χ2v) is 4.54. The average molecular weight is 197 g/mol. The van der Waals surface area contributed by atoms with Gasteiger partial charge in [-0.25, -0.2) is 0 Å². The Labute approximate surface area is 82.6 Å². The van der Waals surface area contributed by atoms with Crippen LogP contribution in [0.3, 0.4) is 0 Å². The fourth-order valence-electron chi connectivity index (χ4n) is 1.38. The van der Waals surface area contributed by atoms with Crippen molar-refractivity contribution in [2.75, 3.05) is 7.05 Å². The summed E-state index contributed by atoms with van der Waals surface area (Å²) in [6.45, 7) is 2.17. The normalized spacial score (nSPS) is 18.9. The first-order chi connectivity index (χ1) is 6.35. The smallest absolute Gasteiger partial charge is 0.134 e. The predicted octanol–water partition coefficient (Wildman–Crippen LogP) is 2.09. The molecule has 0 aromatic carbocycles. The highest BCUT2D eigenvalue weighted by Gasteiger charge is 2.28. The second-order valence-electron chi connectivity index (χ2n) is 3.50. The van der Waals surface area contributed by atoms with Gasteiger partial charge in [0.15, 0.2) is 0 Å². The summed E-state index contributed by atoms with van der Waals surface area (Å²) < 4.78 is 0. The van der Waals surface area contributed by atoms with E-state index in [9.17, 15) is 0 Å². The Balaban J connectivity index is 2.10. The van der Waals surface area contributed by atoms with Gasteiger partial charge in [0, 0.05) is 5.92 Å². The van der Waals surface area contributed by atoms with Crippen LogP contribution in [0.4, 0.5) is 0 Å². The number of hydrogen-bond acceptors (Lipinski definition) is 4. The van der Waals surface area contributed by atoms with Crippen LogP contribution in [0.5, 0.6) is 0 Å². The predicted molar refractivity (Wildman–Crippen MR) is 54.0 cm³/mol. The van der Waals surface area contributed by atoms with Gasteiger partial charge in [0.1, 0.15) is 10.0 Å². The Morgan fingerprint density at radius 1 is 1.54 bits per heavy atom. The van der Waals surface area contributed by atoms with Crippen LogP contribution in [-0.4, -0.2) is 17.2 Å². The summed E-state index contributed by atoms with van der Waals surface area (Å²) in [6.07, 6.45) is 3.70. The third-order valence-electron chi connectivity index (χ3n) is 2.44. The van der Waals surface area contributed by atoms with E-state index in [1.54, 1.807) is 11.3 Å². The molecule has 0 saturated heterocycles. The molecule has 1 aromatic rings. The Morgan fingerprint density at radius 2 is 2.31 bits per heavy atom. The molecule has 72 valence electrons. The van der Waals surface area contributed by atoms with Gasteiger partial charge in [0.05, 0.1) is 6.04 Å². The molecule has 1 atom stereocenters. The molecule has 0 aliphatic heterocycles. The third-order valence-corrected chi connectivity index (χ3v) is 3.64. The first kappa shape index (κ1) is 9.09. The van der Waals surface area contributed by atoms with Gasteiger partial charge >= 0.3 is 0 Å². The number of aromatic nitrogens is 2. The van der Waals surface area contributed by atoms with E-state index in [1.807, 2.05) is 7.05 Å². The molecule has 1 unspecified atom stereocenters. The lowest BCUT2D eigenvalue weighted by Gasteiger charge is -2.07. The van der Waals surface area contributed by atoms with Crippen LogP contribution in [0.25, 0.3) is 0 Å². The van der Waals surface area contributed by atoms with Gasteiger partial charge in [-0.1, -0.05) is 18.3 Å². The van der Waals surface area contributed by atoms with Gasteiger partial charge in [0.25, 0.3) is 0 Å². The second kappa shape index (κ2) is 3.72. The summed E-state index contributed by atoms with van der Waals surface area (Å²) in [6, 6.07) is 0.394. The van der Waals surface area contributed by atoms with Crippen molar-refractivity contribution in [2.45, 2.75) is 38.1 Å².